The van der Waals surface area contributed by atoms with Crippen molar-refractivity contribution in [3.8, 4) is 0 Å². The Labute approximate surface area is 137 Å². The van der Waals surface area contributed by atoms with Crippen LogP contribution in [0.1, 0.15) is 32.6 Å². The van der Waals surface area contributed by atoms with E-state index in [0.717, 1.165) is 38.1 Å². The Kier molecular flexibility index (Phi) is 7.84. The van der Waals surface area contributed by atoms with Crippen LogP contribution in [0, 0.1) is 5.92 Å². The SMILES string of the molecule is CCCCC(=O)N1CSCC1C(=O)N1CCC(CN)C1.Cl. The number of unbranched alkanes of at least 4 members (excludes halogenated alkanes) is 1. The summed E-state index contributed by atoms with van der Waals surface area (Å²) in [6, 6.07) is -0.249. The molecule has 2 unspecified atom stereocenters. The molecule has 0 aliphatic carbocycles. The number of rotatable bonds is 5. The second kappa shape index (κ2) is 8.86. The van der Waals surface area contributed by atoms with Crippen molar-refractivity contribution in [2.24, 2.45) is 11.7 Å². The Morgan fingerprint density at radius 1 is 1.38 bits per heavy atom. The molecule has 0 spiro atoms. The van der Waals surface area contributed by atoms with E-state index < -0.39 is 0 Å². The molecule has 0 saturated carbocycles. The summed E-state index contributed by atoms with van der Waals surface area (Å²) in [4.78, 5) is 28.4. The molecule has 7 heteroatoms. The largest absolute Gasteiger partial charge is 0.341 e. The molecule has 2 rings (SSSR count). The Morgan fingerprint density at radius 3 is 2.76 bits per heavy atom. The first-order valence-corrected chi connectivity index (χ1v) is 8.68. The molecule has 0 bridgehead atoms. The van der Waals surface area contributed by atoms with Gasteiger partial charge in [0, 0.05) is 25.3 Å². The molecule has 21 heavy (non-hydrogen) atoms. The molecule has 122 valence electrons. The fourth-order valence-electron chi connectivity index (χ4n) is 2.80. The zero-order chi connectivity index (χ0) is 14.5. The van der Waals surface area contributed by atoms with Crippen LogP contribution in [0.2, 0.25) is 0 Å². The van der Waals surface area contributed by atoms with E-state index in [1.165, 1.54) is 0 Å². The first-order chi connectivity index (χ1) is 9.67. The van der Waals surface area contributed by atoms with Crippen molar-refractivity contribution >= 4 is 36.0 Å². The van der Waals surface area contributed by atoms with E-state index in [1.807, 2.05) is 4.90 Å². The number of nitrogens with two attached hydrogens (primary N) is 1. The Bertz CT molecular complexity index is 370. The third-order valence-electron chi connectivity index (χ3n) is 4.16. The van der Waals surface area contributed by atoms with Crippen molar-refractivity contribution in [1.82, 2.24) is 9.80 Å². The van der Waals surface area contributed by atoms with E-state index in [0.29, 0.717) is 24.8 Å². The van der Waals surface area contributed by atoms with Crippen LogP contribution in [-0.4, -0.2) is 58.9 Å². The van der Waals surface area contributed by atoms with E-state index in [4.69, 9.17) is 5.73 Å². The number of thioether (sulfide) groups is 1. The highest BCUT2D eigenvalue weighted by atomic mass is 35.5. The van der Waals surface area contributed by atoms with Crippen LogP contribution in [0.25, 0.3) is 0 Å². The summed E-state index contributed by atoms with van der Waals surface area (Å²) in [5, 5.41) is 0. The molecule has 0 aromatic rings. The fraction of sp³-hybridized carbons (Fsp3) is 0.857. The molecule has 2 fully saturated rings. The van der Waals surface area contributed by atoms with E-state index in [2.05, 4.69) is 6.92 Å². The van der Waals surface area contributed by atoms with Crippen molar-refractivity contribution in [3.05, 3.63) is 0 Å². The number of likely N-dealkylation sites (tertiary alicyclic amines) is 1. The van der Waals surface area contributed by atoms with Crippen LogP contribution in [0.5, 0.6) is 0 Å². The third-order valence-corrected chi connectivity index (χ3v) is 5.17. The summed E-state index contributed by atoms with van der Waals surface area (Å²) < 4.78 is 0. The monoisotopic (exact) mass is 335 g/mol. The van der Waals surface area contributed by atoms with Crippen molar-refractivity contribution < 1.29 is 9.59 Å². The molecule has 0 aromatic heterocycles. The lowest BCUT2D eigenvalue weighted by Crippen LogP contribution is -2.48. The van der Waals surface area contributed by atoms with E-state index in [-0.39, 0.29) is 30.3 Å². The molecule has 2 saturated heterocycles. The zero-order valence-corrected chi connectivity index (χ0v) is 14.3. The highest BCUT2D eigenvalue weighted by molar-refractivity contribution is 7.99. The molecule has 2 heterocycles. The Hall–Kier alpha value is -0.460. The maximum Gasteiger partial charge on any atom is 0.246 e. The number of hydrogen-bond acceptors (Lipinski definition) is 4. The van der Waals surface area contributed by atoms with Crippen molar-refractivity contribution in [1.29, 1.82) is 0 Å². The van der Waals surface area contributed by atoms with Gasteiger partial charge in [-0.2, -0.15) is 0 Å². The van der Waals surface area contributed by atoms with Gasteiger partial charge in [-0.3, -0.25) is 9.59 Å². The van der Waals surface area contributed by atoms with Crippen LogP contribution in [0.3, 0.4) is 0 Å². The van der Waals surface area contributed by atoms with Gasteiger partial charge in [-0.05, 0) is 25.3 Å². The van der Waals surface area contributed by atoms with Gasteiger partial charge in [0.25, 0.3) is 0 Å². The molecule has 0 radical (unpaired) electrons. The van der Waals surface area contributed by atoms with Crippen LogP contribution >= 0.6 is 24.2 Å². The average molecular weight is 336 g/mol. The van der Waals surface area contributed by atoms with Crippen LogP contribution in [-0.2, 0) is 9.59 Å². The highest BCUT2D eigenvalue weighted by Crippen LogP contribution is 2.26. The lowest BCUT2D eigenvalue weighted by atomic mass is 10.1. The van der Waals surface area contributed by atoms with Gasteiger partial charge in [-0.25, -0.2) is 0 Å². The van der Waals surface area contributed by atoms with Gasteiger partial charge >= 0.3 is 0 Å². The number of carbonyl (C=O) groups is 2. The summed E-state index contributed by atoms with van der Waals surface area (Å²) in [6.45, 7) is 4.26. The topological polar surface area (TPSA) is 66.6 Å². The zero-order valence-electron chi connectivity index (χ0n) is 12.6. The molecular weight excluding hydrogens is 310 g/mol. The summed E-state index contributed by atoms with van der Waals surface area (Å²) in [5.41, 5.74) is 5.67. The quantitative estimate of drug-likeness (QED) is 0.822. The van der Waals surface area contributed by atoms with Gasteiger partial charge in [0.15, 0.2) is 0 Å². The minimum atomic E-state index is -0.249. The lowest BCUT2D eigenvalue weighted by molar-refractivity contribution is -0.142. The second-order valence-corrected chi connectivity index (χ2v) is 6.66. The highest BCUT2D eigenvalue weighted by Gasteiger charge is 2.38. The van der Waals surface area contributed by atoms with Gasteiger partial charge in [-0.15, -0.1) is 24.2 Å². The average Bonchev–Trinajstić information content (AvgIpc) is 3.12. The molecule has 2 N–H and O–H groups in total. The minimum Gasteiger partial charge on any atom is -0.341 e. The van der Waals surface area contributed by atoms with Crippen LogP contribution in [0.4, 0.5) is 0 Å². The maximum atomic E-state index is 12.6. The minimum absolute atomic E-state index is 0. The van der Waals surface area contributed by atoms with Gasteiger partial charge in [0.05, 0.1) is 5.88 Å². The molecular formula is C14H26ClN3O2S. The van der Waals surface area contributed by atoms with E-state index in [9.17, 15) is 9.59 Å². The van der Waals surface area contributed by atoms with Crippen molar-refractivity contribution in [2.75, 3.05) is 31.3 Å². The predicted octanol–water partition coefficient (Wildman–Crippen LogP) is 1.31. The van der Waals surface area contributed by atoms with Crippen LogP contribution in [0.15, 0.2) is 0 Å². The molecule has 5 nitrogen and oxygen atoms in total. The summed E-state index contributed by atoms with van der Waals surface area (Å²) in [5.74, 6) is 2.07. The summed E-state index contributed by atoms with van der Waals surface area (Å²) >= 11 is 1.68. The molecule has 2 aliphatic rings. The number of carbonyl (C=O) groups excluding carboxylic acids is 2. The van der Waals surface area contributed by atoms with Gasteiger partial charge < -0.3 is 15.5 Å². The number of nitrogens with zero attached hydrogens (tertiary/aromatic N) is 2. The third kappa shape index (κ3) is 4.50. The lowest BCUT2D eigenvalue weighted by Gasteiger charge is -2.27. The standard InChI is InChI=1S/C14H25N3O2S.ClH/c1-2-3-4-13(18)17-10-20-9-12(17)14(19)16-6-5-11(7-15)8-16;/h11-12H,2-10,15H2,1H3;1H. The normalized spacial score (nSPS) is 25.0. The van der Waals surface area contributed by atoms with E-state index >= 15 is 0 Å². The molecule has 2 aliphatic heterocycles. The molecule has 0 aromatic carbocycles. The first kappa shape index (κ1) is 18.6. The van der Waals surface area contributed by atoms with Crippen molar-refractivity contribution in [3.63, 3.8) is 0 Å². The molecule has 2 amide bonds. The van der Waals surface area contributed by atoms with Gasteiger partial charge in [-0.1, -0.05) is 13.3 Å². The van der Waals surface area contributed by atoms with Crippen LogP contribution < -0.4 is 5.73 Å². The van der Waals surface area contributed by atoms with Crippen molar-refractivity contribution in [2.45, 2.75) is 38.6 Å². The number of hydrogen-bond donors (Lipinski definition) is 1. The van der Waals surface area contributed by atoms with Gasteiger partial charge in [0.2, 0.25) is 11.8 Å². The van der Waals surface area contributed by atoms with Gasteiger partial charge in [0.1, 0.15) is 6.04 Å². The maximum absolute atomic E-state index is 12.6. The number of amides is 2. The number of halogens is 1. The van der Waals surface area contributed by atoms with E-state index in [1.54, 1.807) is 16.7 Å². The Morgan fingerprint density at radius 2 is 2.14 bits per heavy atom. The predicted molar refractivity (Wildman–Crippen MR) is 88.5 cm³/mol. The fourth-order valence-corrected chi connectivity index (χ4v) is 3.97. The smallest absolute Gasteiger partial charge is 0.246 e. The Balaban J connectivity index is 0.00000220. The first-order valence-electron chi connectivity index (χ1n) is 7.53. The summed E-state index contributed by atoms with van der Waals surface area (Å²) in [7, 11) is 0. The summed E-state index contributed by atoms with van der Waals surface area (Å²) in [6.07, 6.45) is 3.47. The molecule has 2 atom stereocenters. The second-order valence-electron chi connectivity index (χ2n) is 5.66.